The first-order valence-electron chi connectivity index (χ1n) is 13.4. The normalized spacial score (nSPS) is 13.2. The Kier molecular flexibility index (Phi) is 10.3. The molecule has 10 nitrogen and oxygen atoms in total. The minimum Gasteiger partial charge on any atom is -0.480 e. The van der Waals surface area contributed by atoms with E-state index in [1.54, 1.807) is 72.8 Å². The number of para-hydroxylation sites is 1. The van der Waals surface area contributed by atoms with Gasteiger partial charge in [0.05, 0.1) is 10.9 Å². The number of carboxylic acid groups (broad SMARTS) is 1. The summed E-state index contributed by atoms with van der Waals surface area (Å²) < 4.78 is 0.876. The lowest BCUT2D eigenvalue weighted by Crippen LogP contribution is -2.55. The molecule has 11 heteroatoms. The molecule has 2 amide bonds. The van der Waals surface area contributed by atoms with Gasteiger partial charge in [-0.1, -0.05) is 72.8 Å². The zero-order chi connectivity index (χ0) is 30.1. The third-order valence-electron chi connectivity index (χ3n) is 6.86. The summed E-state index contributed by atoms with van der Waals surface area (Å²) in [5, 5.41) is 15.2. The fourth-order valence-corrected chi connectivity index (χ4v) is 5.16. The highest BCUT2D eigenvalue weighted by Gasteiger charge is 2.31. The SMILES string of the molecule is CSCC[C@H](NC(=O)[C@H](Cc1ccccc1)NC(=O)[C@H](Cc1ccccc1)n1c(=O)[nH]c2ccccc2c1=O)C(=O)O. The summed E-state index contributed by atoms with van der Waals surface area (Å²) in [7, 11) is 0. The molecule has 3 atom stereocenters. The van der Waals surface area contributed by atoms with Gasteiger partial charge in [0.2, 0.25) is 11.8 Å². The average Bonchev–Trinajstić information content (AvgIpc) is 2.99. The van der Waals surface area contributed by atoms with Gasteiger partial charge in [-0.25, -0.2) is 14.2 Å². The summed E-state index contributed by atoms with van der Waals surface area (Å²) in [5.41, 5.74) is 0.367. The Bertz CT molecular complexity index is 1660. The number of aromatic nitrogens is 2. The molecule has 0 aliphatic heterocycles. The van der Waals surface area contributed by atoms with Gasteiger partial charge >= 0.3 is 11.7 Å². The number of nitrogens with one attached hydrogen (secondary N) is 3. The predicted octanol–water partition coefficient (Wildman–Crippen LogP) is 2.52. The van der Waals surface area contributed by atoms with Gasteiger partial charge in [0.1, 0.15) is 18.1 Å². The molecule has 0 aliphatic carbocycles. The zero-order valence-electron chi connectivity index (χ0n) is 23.0. The standard InChI is InChI=1S/C31H32N4O6S/c1-42-17-16-24(30(39)40)32-27(36)25(18-20-10-4-2-5-11-20)33-28(37)26(19-21-12-6-3-7-13-21)35-29(38)22-14-8-9-15-23(22)34-31(35)41/h2-15,24-26H,16-19H2,1H3,(H,32,36)(H,33,37)(H,34,41)(H,39,40)/t24-,25-,26-/m0/s1. The highest BCUT2D eigenvalue weighted by atomic mass is 32.2. The van der Waals surface area contributed by atoms with Crippen LogP contribution in [0.4, 0.5) is 0 Å². The van der Waals surface area contributed by atoms with Crippen molar-refractivity contribution in [3.05, 3.63) is 117 Å². The van der Waals surface area contributed by atoms with E-state index in [-0.39, 0.29) is 24.6 Å². The Labute approximate surface area is 246 Å². The Morgan fingerprint density at radius 1 is 0.810 bits per heavy atom. The van der Waals surface area contributed by atoms with Gasteiger partial charge < -0.3 is 20.7 Å². The van der Waals surface area contributed by atoms with E-state index < -0.39 is 47.2 Å². The summed E-state index contributed by atoms with van der Waals surface area (Å²) in [5.74, 6) is -2.08. The molecule has 0 saturated carbocycles. The molecule has 4 aromatic rings. The Morgan fingerprint density at radius 3 is 2.00 bits per heavy atom. The number of carbonyl (C=O) groups excluding carboxylic acids is 2. The summed E-state index contributed by atoms with van der Waals surface area (Å²) in [6.07, 6.45) is 2.10. The van der Waals surface area contributed by atoms with Crippen LogP contribution in [0, 0.1) is 0 Å². The zero-order valence-corrected chi connectivity index (χ0v) is 23.8. The van der Waals surface area contributed by atoms with Crippen LogP contribution in [0.1, 0.15) is 23.6 Å². The van der Waals surface area contributed by atoms with Crippen molar-refractivity contribution in [2.24, 2.45) is 0 Å². The second kappa shape index (κ2) is 14.3. The van der Waals surface area contributed by atoms with Crippen LogP contribution in [0.25, 0.3) is 10.9 Å². The molecule has 0 spiro atoms. The van der Waals surface area contributed by atoms with Crippen LogP contribution in [0.3, 0.4) is 0 Å². The van der Waals surface area contributed by atoms with Gasteiger partial charge in [-0.05, 0) is 41.7 Å². The fraction of sp³-hybridized carbons (Fsp3) is 0.258. The molecular weight excluding hydrogens is 556 g/mol. The van der Waals surface area contributed by atoms with Gasteiger partial charge in [-0.15, -0.1) is 0 Å². The summed E-state index contributed by atoms with van der Waals surface area (Å²) in [4.78, 5) is 68.7. The summed E-state index contributed by atoms with van der Waals surface area (Å²) in [6.45, 7) is 0. The van der Waals surface area contributed by atoms with Crippen LogP contribution in [0.2, 0.25) is 0 Å². The minimum absolute atomic E-state index is 0.000843. The summed E-state index contributed by atoms with van der Waals surface area (Å²) in [6, 6.07) is 20.8. The second-order valence-corrected chi connectivity index (χ2v) is 10.8. The van der Waals surface area contributed by atoms with E-state index in [0.29, 0.717) is 16.8 Å². The van der Waals surface area contributed by atoms with Crippen LogP contribution in [-0.4, -0.2) is 56.5 Å². The number of hydrogen-bond donors (Lipinski definition) is 4. The van der Waals surface area contributed by atoms with Crippen molar-refractivity contribution in [2.75, 3.05) is 12.0 Å². The van der Waals surface area contributed by atoms with Crippen LogP contribution < -0.4 is 21.9 Å². The number of benzene rings is 3. The third kappa shape index (κ3) is 7.55. The number of fused-ring (bicyclic) bond motifs is 1. The molecule has 3 aromatic carbocycles. The van der Waals surface area contributed by atoms with Crippen molar-refractivity contribution in [1.29, 1.82) is 0 Å². The Hall–Kier alpha value is -4.64. The van der Waals surface area contributed by atoms with E-state index in [4.69, 9.17) is 0 Å². The number of hydrogen-bond acceptors (Lipinski definition) is 6. The minimum atomic E-state index is -1.30. The highest BCUT2D eigenvalue weighted by molar-refractivity contribution is 7.98. The molecule has 0 fully saturated rings. The molecule has 1 heterocycles. The molecule has 218 valence electrons. The van der Waals surface area contributed by atoms with Gasteiger partial charge in [0.15, 0.2) is 0 Å². The maximum absolute atomic E-state index is 14.0. The van der Waals surface area contributed by atoms with E-state index in [2.05, 4.69) is 15.6 Å². The largest absolute Gasteiger partial charge is 0.480 e. The molecule has 4 N–H and O–H groups in total. The number of carbonyl (C=O) groups is 3. The topological polar surface area (TPSA) is 150 Å². The van der Waals surface area contributed by atoms with Crippen molar-refractivity contribution in [3.8, 4) is 0 Å². The van der Waals surface area contributed by atoms with Gasteiger partial charge in [-0.2, -0.15) is 11.8 Å². The van der Waals surface area contributed by atoms with E-state index in [9.17, 15) is 29.1 Å². The molecule has 1 aromatic heterocycles. The molecular formula is C31H32N4O6S. The first-order chi connectivity index (χ1) is 20.3. The molecule has 0 radical (unpaired) electrons. The van der Waals surface area contributed by atoms with Gasteiger partial charge in [0.25, 0.3) is 5.56 Å². The molecule has 42 heavy (non-hydrogen) atoms. The van der Waals surface area contributed by atoms with Crippen molar-refractivity contribution in [2.45, 2.75) is 37.4 Å². The lowest BCUT2D eigenvalue weighted by Gasteiger charge is -2.25. The van der Waals surface area contributed by atoms with Crippen molar-refractivity contribution in [3.63, 3.8) is 0 Å². The van der Waals surface area contributed by atoms with Crippen molar-refractivity contribution >= 4 is 40.4 Å². The Balaban J connectivity index is 1.72. The number of aliphatic carboxylic acids is 1. The monoisotopic (exact) mass is 588 g/mol. The fourth-order valence-electron chi connectivity index (χ4n) is 4.69. The number of aromatic amines is 1. The van der Waals surface area contributed by atoms with Gasteiger partial charge in [0, 0.05) is 12.8 Å². The van der Waals surface area contributed by atoms with E-state index >= 15 is 0 Å². The molecule has 0 aliphatic rings. The van der Waals surface area contributed by atoms with Crippen LogP contribution in [0.5, 0.6) is 0 Å². The lowest BCUT2D eigenvalue weighted by molar-refractivity contribution is -0.142. The van der Waals surface area contributed by atoms with Crippen LogP contribution in [-0.2, 0) is 27.2 Å². The van der Waals surface area contributed by atoms with Crippen LogP contribution >= 0.6 is 11.8 Å². The van der Waals surface area contributed by atoms with Gasteiger partial charge in [-0.3, -0.25) is 14.4 Å². The van der Waals surface area contributed by atoms with E-state index in [1.165, 1.54) is 11.8 Å². The number of H-pyrrole nitrogens is 1. The first kappa shape index (κ1) is 30.3. The van der Waals surface area contributed by atoms with Crippen molar-refractivity contribution in [1.82, 2.24) is 20.2 Å². The number of rotatable bonds is 13. The second-order valence-electron chi connectivity index (χ2n) is 9.79. The molecule has 0 saturated heterocycles. The number of amides is 2. The number of nitrogens with zero attached hydrogens (tertiary/aromatic N) is 1. The summed E-state index contributed by atoms with van der Waals surface area (Å²) >= 11 is 1.45. The van der Waals surface area contributed by atoms with E-state index in [0.717, 1.165) is 10.1 Å². The quantitative estimate of drug-likeness (QED) is 0.187. The van der Waals surface area contributed by atoms with Crippen molar-refractivity contribution < 1.29 is 19.5 Å². The number of thioether (sulfide) groups is 1. The average molecular weight is 589 g/mol. The highest BCUT2D eigenvalue weighted by Crippen LogP contribution is 2.15. The molecule has 0 bridgehead atoms. The lowest BCUT2D eigenvalue weighted by atomic mass is 10.0. The maximum atomic E-state index is 14.0. The smallest absolute Gasteiger partial charge is 0.329 e. The maximum Gasteiger partial charge on any atom is 0.329 e. The number of carboxylic acids is 1. The third-order valence-corrected chi connectivity index (χ3v) is 7.51. The Morgan fingerprint density at radius 2 is 1.38 bits per heavy atom. The molecule has 4 rings (SSSR count). The van der Waals surface area contributed by atoms with E-state index in [1.807, 2.05) is 18.4 Å². The first-order valence-corrected chi connectivity index (χ1v) is 14.8. The predicted molar refractivity (Wildman–Crippen MR) is 163 cm³/mol. The molecule has 0 unspecified atom stereocenters. The van der Waals surface area contributed by atoms with Crippen LogP contribution in [0.15, 0.2) is 94.5 Å².